The van der Waals surface area contributed by atoms with Gasteiger partial charge in [0.1, 0.15) is 0 Å². The summed E-state index contributed by atoms with van der Waals surface area (Å²) < 4.78 is 3.26. The summed E-state index contributed by atoms with van der Waals surface area (Å²) in [6.45, 7) is 4.82. The van der Waals surface area contributed by atoms with Crippen LogP contribution in [0.3, 0.4) is 0 Å². The van der Waals surface area contributed by atoms with Crippen molar-refractivity contribution < 1.29 is 4.79 Å². The Hall–Kier alpha value is -2.64. The first-order valence-electron chi connectivity index (χ1n) is 9.95. The van der Waals surface area contributed by atoms with Crippen LogP contribution in [-0.2, 0) is 11.2 Å². The van der Waals surface area contributed by atoms with E-state index in [4.69, 9.17) is 0 Å². The molecule has 1 N–H and O–H groups in total. The lowest BCUT2D eigenvalue weighted by atomic mass is 10.1. The number of rotatable bonds is 8. The van der Waals surface area contributed by atoms with Crippen molar-refractivity contribution in [2.24, 2.45) is 0 Å². The minimum Gasteiger partial charge on any atom is -0.355 e. The van der Waals surface area contributed by atoms with Crippen LogP contribution < -0.4 is 5.32 Å². The number of nitrogens with one attached hydrogen (secondary N) is 1. The molecule has 0 aliphatic carbocycles. The van der Waals surface area contributed by atoms with Crippen LogP contribution in [0.2, 0.25) is 0 Å². The third-order valence-corrected chi connectivity index (χ3v) is 6.85. The second-order valence-electron chi connectivity index (χ2n) is 7.19. The van der Waals surface area contributed by atoms with E-state index in [0.717, 1.165) is 34.2 Å². The number of fused-ring (bicyclic) bond motifs is 1. The molecular weight excluding hydrogens is 412 g/mol. The van der Waals surface area contributed by atoms with Gasteiger partial charge in [0, 0.05) is 25.4 Å². The second-order valence-corrected chi connectivity index (χ2v) is 9.24. The van der Waals surface area contributed by atoms with Gasteiger partial charge in [-0.25, -0.2) is 9.97 Å². The van der Waals surface area contributed by atoms with E-state index in [-0.39, 0.29) is 5.91 Å². The van der Waals surface area contributed by atoms with Gasteiger partial charge in [-0.05, 0) is 49.6 Å². The highest BCUT2D eigenvalue weighted by Crippen LogP contribution is 2.24. The Morgan fingerprint density at radius 3 is 2.93 bits per heavy atom. The molecule has 0 fully saturated rings. The Balaban J connectivity index is 1.25. The fourth-order valence-corrected chi connectivity index (χ4v) is 5.04. The van der Waals surface area contributed by atoms with Crippen molar-refractivity contribution in [1.82, 2.24) is 19.9 Å². The number of benzene rings is 2. The van der Waals surface area contributed by atoms with Gasteiger partial charge in [-0.1, -0.05) is 36.0 Å². The van der Waals surface area contributed by atoms with Crippen LogP contribution >= 0.6 is 23.1 Å². The zero-order valence-corrected chi connectivity index (χ0v) is 18.7. The van der Waals surface area contributed by atoms with Crippen LogP contribution in [0, 0.1) is 13.8 Å². The number of para-hydroxylation sites is 1. The smallest absolute Gasteiger partial charge is 0.230 e. The van der Waals surface area contributed by atoms with Crippen molar-refractivity contribution in [3.05, 3.63) is 71.0 Å². The van der Waals surface area contributed by atoms with Crippen molar-refractivity contribution in [2.45, 2.75) is 31.8 Å². The molecule has 0 saturated carbocycles. The maximum atomic E-state index is 12.3. The highest BCUT2D eigenvalue weighted by molar-refractivity contribution is 7.99. The lowest BCUT2D eigenvalue weighted by molar-refractivity contribution is -0.118. The molecule has 0 spiro atoms. The van der Waals surface area contributed by atoms with Crippen LogP contribution in [0.5, 0.6) is 0 Å². The van der Waals surface area contributed by atoms with Gasteiger partial charge in [0.2, 0.25) is 5.91 Å². The van der Waals surface area contributed by atoms with Crippen molar-refractivity contribution in [3.8, 4) is 5.69 Å². The molecule has 5 nitrogen and oxygen atoms in total. The summed E-state index contributed by atoms with van der Waals surface area (Å²) in [6.07, 6.45) is 5.48. The number of nitrogens with zero attached hydrogens (tertiary/aromatic N) is 3. The van der Waals surface area contributed by atoms with Gasteiger partial charge in [0.15, 0.2) is 5.16 Å². The minimum atomic E-state index is 0.0276. The predicted octanol–water partition coefficient (Wildman–Crippen LogP) is 4.94. The summed E-state index contributed by atoms with van der Waals surface area (Å²) in [4.78, 5) is 21.4. The first-order valence-corrected chi connectivity index (χ1v) is 11.8. The van der Waals surface area contributed by atoms with Crippen LogP contribution in [0.15, 0.2) is 60.0 Å². The van der Waals surface area contributed by atoms with Crippen LogP contribution in [0.1, 0.15) is 22.6 Å². The van der Waals surface area contributed by atoms with E-state index >= 15 is 0 Å². The monoisotopic (exact) mass is 436 g/mol. The van der Waals surface area contributed by atoms with Gasteiger partial charge in [0.25, 0.3) is 0 Å². The summed E-state index contributed by atoms with van der Waals surface area (Å²) in [5.74, 6) is 0.378. The molecule has 2 heterocycles. The largest absolute Gasteiger partial charge is 0.355 e. The number of carbonyl (C=O) groups is 1. The SMILES string of the molecule is Cc1ccc(C)c(-n2ccnc2SCC(=O)NCCCc2nc3ccccc3s2)c1. The quantitative estimate of drug-likeness (QED) is 0.314. The number of amides is 1. The van der Waals surface area contributed by atoms with Gasteiger partial charge in [-0.3, -0.25) is 9.36 Å². The van der Waals surface area contributed by atoms with Gasteiger partial charge in [-0.15, -0.1) is 11.3 Å². The number of thioether (sulfide) groups is 1. The van der Waals surface area contributed by atoms with Gasteiger partial charge in [-0.2, -0.15) is 0 Å². The molecule has 0 aliphatic rings. The lowest BCUT2D eigenvalue weighted by Gasteiger charge is -2.11. The van der Waals surface area contributed by atoms with Crippen molar-refractivity contribution in [3.63, 3.8) is 0 Å². The molecule has 4 rings (SSSR count). The number of aromatic nitrogens is 3. The Labute approximate surface area is 184 Å². The first kappa shape index (κ1) is 20.6. The zero-order valence-electron chi connectivity index (χ0n) is 17.1. The van der Waals surface area contributed by atoms with E-state index in [1.807, 2.05) is 29.0 Å². The fraction of sp³-hybridized carbons (Fsp3) is 0.261. The number of aryl methyl sites for hydroxylation is 3. The van der Waals surface area contributed by atoms with E-state index in [1.165, 1.54) is 27.6 Å². The third kappa shape index (κ3) is 4.91. The molecular formula is C23H24N4OS2. The predicted molar refractivity (Wildman–Crippen MR) is 125 cm³/mol. The Kier molecular flexibility index (Phi) is 6.50. The van der Waals surface area contributed by atoms with Crippen LogP contribution in [0.4, 0.5) is 0 Å². The molecule has 0 bridgehead atoms. The summed E-state index contributed by atoms with van der Waals surface area (Å²) in [5, 5.41) is 4.96. The van der Waals surface area contributed by atoms with Crippen molar-refractivity contribution in [2.75, 3.05) is 12.3 Å². The Morgan fingerprint density at radius 1 is 1.20 bits per heavy atom. The van der Waals surface area contributed by atoms with Crippen molar-refractivity contribution in [1.29, 1.82) is 0 Å². The zero-order chi connectivity index (χ0) is 20.9. The maximum Gasteiger partial charge on any atom is 0.230 e. The molecule has 7 heteroatoms. The van der Waals surface area contributed by atoms with E-state index < -0.39 is 0 Å². The standard InChI is InChI=1S/C23H24N4OS2/c1-16-9-10-17(2)19(14-16)27-13-12-25-23(27)29-15-21(28)24-11-5-8-22-26-18-6-3-4-7-20(18)30-22/h3-4,6-7,9-10,12-14H,5,8,11,15H2,1-2H3,(H,24,28). The molecule has 4 aromatic rings. The van der Waals surface area contributed by atoms with Crippen molar-refractivity contribution >= 4 is 39.2 Å². The van der Waals surface area contributed by atoms with E-state index in [1.54, 1.807) is 17.5 Å². The first-order chi connectivity index (χ1) is 14.6. The Morgan fingerprint density at radius 2 is 2.07 bits per heavy atom. The molecule has 30 heavy (non-hydrogen) atoms. The second kappa shape index (κ2) is 9.45. The number of carbonyl (C=O) groups excluding carboxylic acids is 1. The summed E-state index contributed by atoms with van der Waals surface area (Å²) in [5.41, 5.74) is 4.54. The van der Waals surface area contributed by atoms with Gasteiger partial charge in [0.05, 0.1) is 26.7 Å². The lowest BCUT2D eigenvalue weighted by Crippen LogP contribution is -2.26. The Bertz CT molecular complexity index is 1130. The van der Waals surface area contributed by atoms with Gasteiger partial charge >= 0.3 is 0 Å². The third-order valence-electron chi connectivity index (χ3n) is 4.79. The molecule has 2 aromatic heterocycles. The number of thiazole rings is 1. The maximum absolute atomic E-state index is 12.3. The van der Waals surface area contributed by atoms with Crippen LogP contribution in [-0.4, -0.2) is 32.7 Å². The van der Waals surface area contributed by atoms with E-state index in [9.17, 15) is 4.79 Å². The summed E-state index contributed by atoms with van der Waals surface area (Å²) in [6, 6.07) is 14.5. The fourth-order valence-electron chi connectivity index (χ4n) is 3.23. The average Bonchev–Trinajstić information content (AvgIpc) is 3.37. The molecule has 154 valence electrons. The average molecular weight is 437 g/mol. The number of hydrogen-bond donors (Lipinski definition) is 1. The minimum absolute atomic E-state index is 0.0276. The van der Waals surface area contributed by atoms with Gasteiger partial charge < -0.3 is 5.32 Å². The van der Waals surface area contributed by atoms with E-state index in [2.05, 4.69) is 53.4 Å². The molecule has 2 aromatic carbocycles. The van der Waals surface area contributed by atoms with Crippen LogP contribution in [0.25, 0.3) is 15.9 Å². The number of imidazole rings is 1. The topological polar surface area (TPSA) is 59.8 Å². The highest BCUT2D eigenvalue weighted by atomic mass is 32.2. The molecule has 0 atom stereocenters. The normalized spacial score (nSPS) is 11.1. The molecule has 0 saturated heterocycles. The number of hydrogen-bond acceptors (Lipinski definition) is 5. The summed E-state index contributed by atoms with van der Waals surface area (Å²) in [7, 11) is 0. The summed E-state index contributed by atoms with van der Waals surface area (Å²) >= 11 is 3.19. The molecule has 0 aliphatic heterocycles. The molecule has 0 unspecified atom stereocenters. The highest BCUT2D eigenvalue weighted by Gasteiger charge is 2.11. The molecule has 1 amide bonds. The van der Waals surface area contributed by atoms with E-state index in [0.29, 0.717) is 12.3 Å². The molecule has 0 radical (unpaired) electrons.